The fourth-order valence-corrected chi connectivity index (χ4v) is 3.02. The summed E-state index contributed by atoms with van der Waals surface area (Å²) in [7, 11) is 0. The molecule has 0 saturated carbocycles. The molecule has 2 rings (SSSR count). The Morgan fingerprint density at radius 1 is 0.760 bits per heavy atom. The lowest BCUT2D eigenvalue weighted by Gasteiger charge is -2.02. The van der Waals surface area contributed by atoms with Gasteiger partial charge in [-0.2, -0.15) is 4.57 Å². The largest absolute Gasteiger partial charge is 1.00 e. The molecule has 0 amide bonds. The van der Waals surface area contributed by atoms with Crippen LogP contribution in [0.25, 0.3) is 12.3 Å². The number of pyridine rings is 1. The van der Waals surface area contributed by atoms with Crippen LogP contribution in [-0.4, -0.2) is 0 Å². The number of hydrogen-bond acceptors (Lipinski definition) is 0. The van der Waals surface area contributed by atoms with Gasteiger partial charge in [0.2, 0.25) is 0 Å². The normalized spacial score (nSPS) is 10.8. The van der Waals surface area contributed by atoms with E-state index in [1.165, 1.54) is 62.6 Å². The minimum absolute atomic E-state index is 0. The van der Waals surface area contributed by atoms with Gasteiger partial charge in [0.1, 0.15) is 0 Å². The van der Waals surface area contributed by atoms with Crippen LogP contribution < -0.4 is 17.0 Å². The molecule has 25 heavy (non-hydrogen) atoms. The molecule has 0 saturated heterocycles. The van der Waals surface area contributed by atoms with Gasteiger partial charge in [0, 0.05) is 24.6 Å². The van der Waals surface area contributed by atoms with E-state index in [0.717, 1.165) is 6.42 Å². The summed E-state index contributed by atoms with van der Waals surface area (Å²) in [5.41, 5.74) is 2.64. The Morgan fingerprint density at radius 2 is 1.40 bits per heavy atom. The lowest BCUT2D eigenvalue weighted by atomic mass is 10.1. The number of aryl methyl sites for hydroxylation is 1. The first kappa shape index (κ1) is 21.4. The van der Waals surface area contributed by atoms with Gasteiger partial charge in [-0.1, -0.05) is 88.3 Å². The molecule has 2 heteroatoms. The van der Waals surface area contributed by atoms with Crippen LogP contribution in [0.3, 0.4) is 0 Å². The molecular weight excluding hydrogens is 326 g/mol. The van der Waals surface area contributed by atoms with Crippen molar-refractivity contribution in [1.29, 1.82) is 0 Å². The first-order chi connectivity index (χ1) is 11.9. The predicted molar refractivity (Wildman–Crippen MR) is 105 cm³/mol. The maximum atomic E-state index is 2.28. The van der Waals surface area contributed by atoms with Crippen molar-refractivity contribution in [1.82, 2.24) is 0 Å². The molecule has 0 bridgehead atoms. The second kappa shape index (κ2) is 13.7. The average Bonchev–Trinajstić information content (AvgIpc) is 2.64. The van der Waals surface area contributed by atoms with Gasteiger partial charge in [0.05, 0.1) is 0 Å². The molecule has 1 nitrogen and oxygen atoms in total. The summed E-state index contributed by atoms with van der Waals surface area (Å²) in [6.45, 7) is 2.28. The quantitative estimate of drug-likeness (QED) is 0.429. The fraction of sp³-hybridized carbons (Fsp3) is 0.435. The fourth-order valence-electron chi connectivity index (χ4n) is 3.02. The lowest BCUT2D eigenvalue weighted by Crippen LogP contribution is -3.00. The lowest BCUT2D eigenvalue weighted by molar-refractivity contribution is -0.576. The van der Waals surface area contributed by atoms with Crippen LogP contribution in [0.5, 0.6) is 0 Å². The van der Waals surface area contributed by atoms with E-state index >= 15 is 0 Å². The molecule has 1 heterocycles. The van der Waals surface area contributed by atoms with Crippen LogP contribution >= 0.6 is 0 Å². The maximum Gasteiger partial charge on any atom is 0.186 e. The third kappa shape index (κ3) is 8.88. The zero-order chi connectivity index (χ0) is 16.9. The average molecular weight is 358 g/mol. The molecule has 2 aromatic rings. The van der Waals surface area contributed by atoms with Crippen LogP contribution in [0.2, 0.25) is 0 Å². The molecule has 0 aliphatic rings. The van der Waals surface area contributed by atoms with Gasteiger partial charge in [0.15, 0.2) is 18.1 Å². The van der Waals surface area contributed by atoms with Gasteiger partial charge in [-0.3, -0.25) is 0 Å². The maximum absolute atomic E-state index is 2.28. The van der Waals surface area contributed by atoms with E-state index in [1.807, 2.05) is 0 Å². The molecule has 0 aliphatic carbocycles. The number of benzene rings is 1. The van der Waals surface area contributed by atoms with Gasteiger partial charge in [-0.05, 0) is 12.0 Å². The van der Waals surface area contributed by atoms with Gasteiger partial charge >= 0.3 is 0 Å². The first-order valence-electron chi connectivity index (χ1n) is 9.62. The zero-order valence-electron chi connectivity index (χ0n) is 15.5. The van der Waals surface area contributed by atoms with Crippen molar-refractivity contribution < 1.29 is 17.0 Å². The van der Waals surface area contributed by atoms with Crippen molar-refractivity contribution in [2.45, 2.75) is 64.7 Å². The molecule has 0 aliphatic heterocycles. The van der Waals surface area contributed by atoms with E-state index in [9.17, 15) is 0 Å². The number of unbranched alkanes of at least 4 members (excludes halogenated alkanes) is 7. The van der Waals surface area contributed by atoms with Gasteiger partial charge in [-0.15, -0.1) is 0 Å². The van der Waals surface area contributed by atoms with Crippen molar-refractivity contribution in [2.75, 3.05) is 0 Å². The number of halogens is 1. The van der Waals surface area contributed by atoms with Crippen molar-refractivity contribution in [3.8, 4) is 0 Å². The summed E-state index contributed by atoms with van der Waals surface area (Å²) >= 11 is 0. The zero-order valence-corrected chi connectivity index (χ0v) is 16.3. The Labute approximate surface area is 160 Å². The van der Waals surface area contributed by atoms with Crippen LogP contribution in [0.15, 0.2) is 54.7 Å². The first-order valence-corrected chi connectivity index (χ1v) is 9.62. The Hall–Kier alpha value is -1.60. The highest BCUT2D eigenvalue weighted by molar-refractivity contribution is 5.56. The van der Waals surface area contributed by atoms with E-state index in [0.29, 0.717) is 0 Å². The van der Waals surface area contributed by atoms with E-state index in [4.69, 9.17) is 0 Å². The molecule has 1 aromatic heterocycles. The third-order valence-corrected chi connectivity index (χ3v) is 4.49. The Kier molecular flexibility index (Phi) is 11.7. The highest BCUT2D eigenvalue weighted by Gasteiger charge is 2.06. The smallest absolute Gasteiger partial charge is 0.186 e. The molecular formula is C23H32ClN. The Morgan fingerprint density at radius 3 is 2.12 bits per heavy atom. The predicted octanol–water partition coefficient (Wildman–Crippen LogP) is 3.29. The number of aromatic nitrogens is 1. The van der Waals surface area contributed by atoms with Crippen molar-refractivity contribution in [3.63, 3.8) is 0 Å². The van der Waals surface area contributed by atoms with Crippen molar-refractivity contribution >= 4 is 12.3 Å². The minimum Gasteiger partial charge on any atom is -1.00 e. The molecule has 0 radical (unpaired) electrons. The van der Waals surface area contributed by atoms with Gasteiger partial charge < -0.3 is 12.4 Å². The number of rotatable bonds is 11. The van der Waals surface area contributed by atoms with Gasteiger partial charge in [-0.25, -0.2) is 0 Å². The second-order valence-corrected chi connectivity index (χ2v) is 6.55. The highest BCUT2D eigenvalue weighted by atomic mass is 35.5. The minimum atomic E-state index is 0. The monoisotopic (exact) mass is 357 g/mol. The van der Waals surface area contributed by atoms with E-state index < -0.39 is 0 Å². The molecule has 0 spiro atoms. The summed E-state index contributed by atoms with van der Waals surface area (Å²) in [5.74, 6) is 0. The topological polar surface area (TPSA) is 3.88 Å². The molecule has 1 aromatic carbocycles. The summed E-state index contributed by atoms with van der Waals surface area (Å²) in [4.78, 5) is 0. The van der Waals surface area contributed by atoms with E-state index in [-0.39, 0.29) is 12.4 Å². The van der Waals surface area contributed by atoms with Crippen LogP contribution in [0, 0.1) is 0 Å². The Balaban J connectivity index is 0.00000312. The molecule has 0 atom stereocenters. The SMILES string of the molecule is CCCCCCCCCCc1cccc[n+]1C=Cc1ccccc1.[Cl-]. The van der Waals surface area contributed by atoms with E-state index in [2.05, 4.69) is 78.5 Å². The standard InChI is InChI=1S/C23H32N.ClH/c1-2-3-4-5-6-7-8-12-17-23-18-13-14-20-24(23)21-19-22-15-10-9-11-16-22;/h9-11,13-16,18-21H,2-8,12,17H2,1H3;1H/q+1;/p-1. The molecule has 0 fully saturated rings. The van der Waals surface area contributed by atoms with Crippen LogP contribution in [0.1, 0.15) is 69.5 Å². The van der Waals surface area contributed by atoms with Crippen LogP contribution in [-0.2, 0) is 6.42 Å². The van der Waals surface area contributed by atoms with Crippen molar-refractivity contribution in [2.24, 2.45) is 0 Å². The summed E-state index contributed by atoms with van der Waals surface area (Å²) in [6, 6.07) is 17.0. The van der Waals surface area contributed by atoms with Crippen molar-refractivity contribution in [3.05, 3.63) is 66.0 Å². The van der Waals surface area contributed by atoms with Gasteiger partial charge in [0.25, 0.3) is 0 Å². The summed E-state index contributed by atoms with van der Waals surface area (Å²) < 4.78 is 2.26. The molecule has 0 unspecified atom stereocenters. The molecule has 0 N–H and O–H groups in total. The van der Waals surface area contributed by atoms with E-state index in [1.54, 1.807) is 0 Å². The molecule has 136 valence electrons. The second-order valence-electron chi connectivity index (χ2n) is 6.55. The number of hydrogen-bond donors (Lipinski definition) is 0. The summed E-state index contributed by atoms with van der Waals surface area (Å²) in [5, 5.41) is 0. The third-order valence-electron chi connectivity index (χ3n) is 4.49. The number of nitrogens with zero attached hydrogens (tertiary/aromatic N) is 1. The summed E-state index contributed by atoms with van der Waals surface area (Å²) in [6.07, 6.45) is 18.7. The Bertz CT molecular complexity index is 592. The van der Waals surface area contributed by atoms with Crippen LogP contribution in [0.4, 0.5) is 0 Å². The highest BCUT2D eigenvalue weighted by Crippen LogP contribution is 2.10.